The summed E-state index contributed by atoms with van der Waals surface area (Å²) in [5.41, 5.74) is 1.39. The normalized spacial score (nSPS) is 11.2. The lowest BCUT2D eigenvalue weighted by atomic mass is 9.96. The van der Waals surface area contributed by atoms with E-state index in [9.17, 15) is 14.7 Å². The van der Waals surface area contributed by atoms with E-state index in [1.807, 2.05) is 30.3 Å². The first kappa shape index (κ1) is 27.6. The average Bonchev–Trinajstić information content (AvgIpc) is 2.91. The molecule has 1 atom stereocenters. The molecule has 0 amide bonds. The van der Waals surface area contributed by atoms with Gasteiger partial charge in [-0.1, -0.05) is 81.3 Å². The van der Waals surface area contributed by atoms with Crippen molar-refractivity contribution < 1.29 is 29.3 Å². The predicted molar refractivity (Wildman–Crippen MR) is 136 cm³/mol. The van der Waals surface area contributed by atoms with Crippen LogP contribution in [-0.2, 0) is 0 Å². The highest BCUT2D eigenvalue weighted by atomic mass is 16.5. The highest BCUT2D eigenvalue weighted by molar-refractivity contribution is 6.10. The summed E-state index contributed by atoms with van der Waals surface area (Å²) in [7, 11) is 1.57. The molecule has 0 aliphatic rings. The number of carboxylic acid groups (broad SMARTS) is 1. The van der Waals surface area contributed by atoms with Crippen molar-refractivity contribution in [2.45, 2.75) is 39.2 Å². The van der Waals surface area contributed by atoms with Gasteiger partial charge in [-0.15, -0.1) is 0 Å². The summed E-state index contributed by atoms with van der Waals surface area (Å²) < 4.78 is 10.6. The Morgan fingerprint density at radius 3 is 1.91 bits per heavy atom. The van der Waals surface area contributed by atoms with E-state index in [-0.39, 0.29) is 18.0 Å². The van der Waals surface area contributed by atoms with Gasteiger partial charge in [0.1, 0.15) is 23.7 Å². The Kier molecular flexibility index (Phi) is 11.5. The summed E-state index contributed by atoms with van der Waals surface area (Å²) >= 11 is 0. The van der Waals surface area contributed by atoms with E-state index >= 15 is 0 Å². The number of ether oxygens (including phenoxy) is 2. The van der Waals surface area contributed by atoms with E-state index in [4.69, 9.17) is 14.6 Å². The van der Waals surface area contributed by atoms with E-state index in [0.717, 1.165) is 12.8 Å². The van der Waals surface area contributed by atoms with Crippen LogP contribution in [0.15, 0.2) is 78.9 Å². The van der Waals surface area contributed by atoms with Gasteiger partial charge in [0.25, 0.3) is 0 Å². The summed E-state index contributed by atoms with van der Waals surface area (Å²) in [6, 6.07) is 22.9. The van der Waals surface area contributed by atoms with Crippen molar-refractivity contribution in [3.63, 3.8) is 0 Å². The Balaban J connectivity index is 0.000000250. The molecule has 0 saturated carbocycles. The molecule has 3 aromatic carbocycles. The summed E-state index contributed by atoms with van der Waals surface area (Å²) in [6.45, 7) is 4.32. The van der Waals surface area contributed by atoms with E-state index in [0.29, 0.717) is 35.0 Å². The predicted octanol–water partition coefficient (Wildman–Crippen LogP) is 5.88. The van der Waals surface area contributed by atoms with Crippen molar-refractivity contribution in [1.82, 2.24) is 0 Å². The van der Waals surface area contributed by atoms with Crippen LogP contribution in [0.2, 0.25) is 0 Å². The Morgan fingerprint density at radius 2 is 1.34 bits per heavy atom. The van der Waals surface area contributed by atoms with Crippen molar-refractivity contribution >= 4 is 11.8 Å². The molecule has 186 valence electrons. The lowest BCUT2D eigenvalue weighted by Gasteiger charge is -2.18. The van der Waals surface area contributed by atoms with Crippen molar-refractivity contribution in [2.24, 2.45) is 5.92 Å². The van der Waals surface area contributed by atoms with Crippen molar-refractivity contribution in [3.05, 3.63) is 95.6 Å². The molecule has 0 aliphatic carbocycles. The number of para-hydroxylation sites is 2. The van der Waals surface area contributed by atoms with Crippen LogP contribution in [0, 0.1) is 5.92 Å². The van der Waals surface area contributed by atoms with Crippen molar-refractivity contribution in [3.8, 4) is 11.5 Å². The average molecular weight is 479 g/mol. The number of aliphatic hydroxyl groups excluding tert-OH is 1. The lowest BCUT2D eigenvalue weighted by molar-refractivity contribution is 0.0669. The second-order valence-corrected chi connectivity index (χ2v) is 8.08. The largest absolute Gasteiger partial charge is 0.496 e. The number of carbonyl (C=O) groups excluding carboxylic acids is 1. The number of aromatic carboxylic acids is 1. The summed E-state index contributed by atoms with van der Waals surface area (Å²) in [6.07, 6.45) is 2.17. The number of methoxy groups -OCH3 is 1. The molecule has 0 heterocycles. The molecule has 2 N–H and O–H groups in total. The van der Waals surface area contributed by atoms with Crippen LogP contribution < -0.4 is 9.47 Å². The van der Waals surface area contributed by atoms with E-state index in [1.54, 1.807) is 49.6 Å². The number of hydrogen-bond acceptors (Lipinski definition) is 5. The molecular formula is C29H34O6. The third kappa shape index (κ3) is 8.58. The Labute approximate surface area is 207 Å². The quantitative estimate of drug-likeness (QED) is 0.335. The van der Waals surface area contributed by atoms with Crippen LogP contribution in [0.4, 0.5) is 0 Å². The highest BCUT2D eigenvalue weighted by Crippen LogP contribution is 2.21. The van der Waals surface area contributed by atoms with Gasteiger partial charge >= 0.3 is 5.97 Å². The maximum absolute atomic E-state index is 12.1. The Bertz CT molecular complexity index is 1060. The zero-order valence-electron chi connectivity index (χ0n) is 20.5. The van der Waals surface area contributed by atoms with Crippen LogP contribution in [0.1, 0.15) is 59.4 Å². The fourth-order valence-electron chi connectivity index (χ4n) is 3.61. The molecule has 1 unspecified atom stereocenters. The van der Waals surface area contributed by atoms with Gasteiger partial charge in [-0.25, -0.2) is 4.79 Å². The first-order valence-electron chi connectivity index (χ1n) is 11.8. The molecule has 0 spiro atoms. The fraction of sp³-hybridized carbons (Fsp3) is 0.310. The van der Waals surface area contributed by atoms with Gasteiger partial charge in [0.2, 0.25) is 0 Å². The third-order valence-corrected chi connectivity index (χ3v) is 5.70. The van der Waals surface area contributed by atoms with E-state index in [2.05, 4.69) is 13.8 Å². The van der Waals surface area contributed by atoms with Crippen LogP contribution in [0.5, 0.6) is 11.5 Å². The van der Waals surface area contributed by atoms with Gasteiger partial charge in [-0.2, -0.15) is 0 Å². The molecule has 6 heteroatoms. The SMILES string of the molecule is CCC(CC)CC(O)COc1ccccc1C(=O)O.COc1ccccc1C(=O)c1ccccc1. The summed E-state index contributed by atoms with van der Waals surface area (Å²) in [5.74, 6) is 0.353. The maximum Gasteiger partial charge on any atom is 0.339 e. The van der Waals surface area contributed by atoms with Crippen LogP contribution in [0.25, 0.3) is 0 Å². The van der Waals surface area contributed by atoms with E-state index in [1.165, 1.54) is 6.07 Å². The molecule has 35 heavy (non-hydrogen) atoms. The maximum atomic E-state index is 12.1. The van der Waals surface area contributed by atoms with Gasteiger partial charge in [0.15, 0.2) is 5.78 Å². The number of carboxylic acids is 1. The first-order chi connectivity index (χ1) is 16.9. The zero-order valence-corrected chi connectivity index (χ0v) is 20.5. The summed E-state index contributed by atoms with van der Waals surface area (Å²) in [5, 5.41) is 18.9. The van der Waals surface area contributed by atoms with Gasteiger partial charge in [0, 0.05) is 5.56 Å². The smallest absolute Gasteiger partial charge is 0.339 e. The second-order valence-electron chi connectivity index (χ2n) is 8.08. The number of aliphatic hydroxyl groups is 1. The topological polar surface area (TPSA) is 93.1 Å². The van der Waals surface area contributed by atoms with Gasteiger partial charge in [-0.05, 0) is 36.6 Å². The molecule has 3 aromatic rings. The minimum atomic E-state index is -1.02. The van der Waals surface area contributed by atoms with E-state index < -0.39 is 12.1 Å². The Hall–Kier alpha value is -3.64. The number of rotatable bonds is 11. The molecular weight excluding hydrogens is 444 g/mol. The molecule has 0 aliphatic heterocycles. The molecule has 0 saturated heterocycles. The van der Waals surface area contributed by atoms with Crippen LogP contribution >= 0.6 is 0 Å². The molecule has 0 bridgehead atoms. The van der Waals surface area contributed by atoms with Crippen LogP contribution in [-0.4, -0.2) is 41.8 Å². The Morgan fingerprint density at radius 1 is 0.800 bits per heavy atom. The molecule has 0 fully saturated rings. The second kappa shape index (κ2) is 14.6. The number of benzene rings is 3. The van der Waals surface area contributed by atoms with Crippen molar-refractivity contribution in [1.29, 1.82) is 0 Å². The molecule has 0 aromatic heterocycles. The fourth-order valence-corrected chi connectivity index (χ4v) is 3.61. The monoisotopic (exact) mass is 478 g/mol. The van der Waals surface area contributed by atoms with Gasteiger partial charge in [0.05, 0.1) is 18.8 Å². The molecule has 6 nitrogen and oxygen atoms in total. The van der Waals surface area contributed by atoms with Gasteiger partial charge in [-0.3, -0.25) is 4.79 Å². The lowest BCUT2D eigenvalue weighted by Crippen LogP contribution is -2.21. The zero-order chi connectivity index (χ0) is 25.6. The molecule has 0 radical (unpaired) electrons. The summed E-state index contributed by atoms with van der Waals surface area (Å²) in [4.78, 5) is 23.1. The van der Waals surface area contributed by atoms with Crippen LogP contribution in [0.3, 0.4) is 0 Å². The number of ketones is 1. The highest BCUT2D eigenvalue weighted by Gasteiger charge is 2.15. The minimum absolute atomic E-state index is 0.0157. The first-order valence-corrected chi connectivity index (χ1v) is 11.8. The van der Waals surface area contributed by atoms with Gasteiger partial charge < -0.3 is 19.7 Å². The number of carbonyl (C=O) groups is 2. The molecule has 3 rings (SSSR count). The minimum Gasteiger partial charge on any atom is -0.496 e. The number of hydrogen-bond donors (Lipinski definition) is 2. The van der Waals surface area contributed by atoms with Crippen molar-refractivity contribution in [2.75, 3.05) is 13.7 Å². The third-order valence-electron chi connectivity index (χ3n) is 5.70. The standard InChI is InChI=1S/C15H22O4.C14H12O2/c1-3-11(4-2)9-12(16)10-19-14-8-6-5-7-13(14)15(17)18;1-16-13-10-6-5-9-12(13)14(15)11-7-3-2-4-8-11/h5-8,11-12,16H,3-4,9-10H2,1-2H3,(H,17,18);2-10H,1H3.